The third-order valence-electron chi connectivity index (χ3n) is 3.94. The molecule has 0 saturated heterocycles. The molecule has 2 N–H and O–H groups in total. The average molecular weight is 240 g/mol. The van der Waals surface area contributed by atoms with Crippen molar-refractivity contribution in [1.29, 1.82) is 0 Å². The van der Waals surface area contributed by atoms with E-state index < -0.39 is 11.7 Å². The molecule has 0 atom stereocenters. The van der Waals surface area contributed by atoms with Gasteiger partial charge in [0.15, 0.2) is 5.76 Å². The Balaban J connectivity index is 2.38. The summed E-state index contributed by atoms with van der Waals surface area (Å²) in [6, 6.07) is 0. The molecule has 0 heterocycles. The number of carbonyl (C=O) groups is 1. The topological polar surface area (TPSA) is 57.5 Å². The number of aliphatic carboxylic acids is 1. The van der Waals surface area contributed by atoms with Crippen molar-refractivity contribution in [2.24, 2.45) is 17.3 Å². The van der Waals surface area contributed by atoms with Crippen LogP contribution in [0.4, 0.5) is 0 Å². The number of aliphatic hydroxyl groups excluding tert-OH is 1. The first-order valence-corrected chi connectivity index (χ1v) is 6.43. The molecular formula is C14H24O3. The maximum Gasteiger partial charge on any atom is 0.370 e. The number of aliphatic hydroxyl groups is 1. The van der Waals surface area contributed by atoms with E-state index in [4.69, 9.17) is 10.2 Å². The number of allylic oxidation sites excluding steroid dienone is 1. The van der Waals surface area contributed by atoms with Crippen LogP contribution in [0.15, 0.2) is 11.8 Å². The molecule has 0 radical (unpaired) electrons. The molecule has 1 aliphatic carbocycles. The Morgan fingerprint density at radius 2 is 1.71 bits per heavy atom. The first-order chi connectivity index (χ1) is 7.80. The van der Waals surface area contributed by atoms with Crippen LogP contribution in [-0.4, -0.2) is 16.2 Å². The Kier molecular flexibility index (Phi) is 4.61. The Morgan fingerprint density at radius 3 is 2.12 bits per heavy atom. The fourth-order valence-corrected chi connectivity index (χ4v) is 2.63. The number of hydrogen-bond donors (Lipinski definition) is 2. The highest BCUT2D eigenvalue weighted by molar-refractivity contribution is 5.83. The number of carboxylic acids is 1. The smallest absolute Gasteiger partial charge is 0.370 e. The van der Waals surface area contributed by atoms with Gasteiger partial charge >= 0.3 is 5.97 Å². The molecule has 3 nitrogen and oxygen atoms in total. The molecule has 0 aromatic rings. The van der Waals surface area contributed by atoms with E-state index in [1.807, 2.05) is 0 Å². The predicted octanol–water partition coefficient (Wildman–Crippen LogP) is 3.76. The van der Waals surface area contributed by atoms with Crippen molar-refractivity contribution in [2.75, 3.05) is 0 Å². The van der Waals surface area contributed by atoms with Crippen molar-refractivity contribution in [3.05, 3.63) is 11.8 Å². The second kappa shape index (κ2) is 5.56. The molecule has 0 aromatic carbocycles. The molecule has 1 rings (SSSR count). The summed E-state index contributed by atoms with van der Waals surface area (Å²) in [5, 5.41) is 17.6. The predicted molar refractivity (Wildman–Crippen MR) is 67.9 cm³/mol. The average Bonchev–Trinajstić information content (AvgIpc) is 2.25. The SMILES string of the molecule is CC(C)(C)C1CCC(CC=C(O)C(=O)O)CC1. The molecule has 1 saturated carbocycles. The lowest BCUT2D eigenvalue weighted by Gasteiger charge is -2.36. The molecule has 17 heavy (non-hydrogen) atoms. The van der Waals surface area contributed by atoms with Crippen LogP contribution in [0.3, 0.4) is 0 Å². The van der Waals surface area contributed by atoms with Crippen molar-refractivity contribution < 1.29 is 15.0 Å². The summed E-state index contributed by atoms with van der Waals surface area (Å²) in [4.78, 5) is 10.4. The van der Waals surface area contributed by atoms with E-state index in [1.165, 1.54) is 18.9 Å². The summed E-state index contributed by atoms with van der Waals surface area (Å²) >= 11 is 0. The van der Waals surface area contributed by atoms with Gasteiger partial charge in [-0.15, -0.1) is 0 Å². The molecule has 0 aliphatic heterocycles. The molecule has 0 amide bonds. The van der Waals surface area contributed by atoms with E-state index in [2.05, 4.69) is 20.8 Å². The summed E-state index contributed by atoms with van der Waals surface area (Å²) in [6.07, 6.45) is 6.86. The van der Waals surface area contributed by atoms with Crippen molar-refractivity contribution >= 4 is 5.97 Å². The number of rotatable bonds is 3. The normalized spacial score (nSPS) is 26.9. The van der Waals surface area contributed by atoms with E-state index in [9.17, 15) is 4.79 Å². The second-order valence-electron chi connectivity index (χ2n) is 6.21. The van der Waals surface area contributed by atoms with Crippen molar-refractivity contribution in [1.82, 2.24) is 0 Å². The van der Waals surface area contributed by atoms with E-state index in [0.29, 0.717) is 17.8 Å². The molecule has 0 unspecified atom stereocenters. The minimum atomic E-state index is -1.23. The van der Waals surface area contributed by atoms with Crippen LogP contribution < -0.4 is 0 Å². The molecule has 98 valence electrons. The maximum atomic E-state index is 10.4. The van der Waals surface area contributed by atoms with Crippen LogP contribution in [0.5, 0.6) is 0 Å². The molecule has 3 heteroatoms. The Labute approximate surface area is 104 Å². The number of hydrogen-bond acceptors (Lipinski definition) is 2. The third-order valence-corrected chi connectivity index (χ3v) is 3.94. The fourth-order valence-electron chi connectivity index (χ4n) is 2.63. The van der Waals surface area contributed by atoms with Gasteiger partial charge in [-0.1, -0.05) is 20.8 Å². The standard InChI is InChI=1S/C14H24O3/c1-14(2,3)11-7-4-10(5-8-11)6-9-12(15)13(16)17/h9-11,15H,4-8H2,1-3H3,(H,16,17). The molecular weight excluding hydrogens is 216 g/mol. The fraction of sp³-hybridized carbons (Fsp3) is 0.786. The zero-order valence-electron chi connectivity index (χ0n) is 11.1. The molecule has 1 fully saturated rings. The highest BCUT2D eigenvalue weighted by atomic mass is 16.4. The van der Waals surface area contributed by atoms with Gasteiger partial charge in [0.05, 0.1) is 0 Å². The van der Waals surface area contributed by atoms with Crippen LogP contribution in [0.25, 0.3) is 0 Å². The quantitative estimate of drug-likeness (QED) is 0.583. The van der Waals surface area contributed by atoms with Crippen LogP contribution in [0.1, 0.15) is 52.9 Å². The highest BCUT2D eigenvalue weighted by Gasteiger charge is 2.29. The van der Waals surface area contributed by atoms with Crippen LogP contribution in [0, 0.1) is 17.3 Å². The van der Waals surface area contributed by atoms with Crippen molar-refractivity contribution in [3.63, 3.8) is 0 Å². The van der Waals surface area contributed by atoms with Gasteiger partial charge in [-0.3, -0.25) is 0 Å². The lowest BCUT2D eigenvalue weighted by molar-refractivity contribution is -0.135. The van der Waals surface area contributed by atoms with Gasteiger partial charge in [-0.25, -0.2) is 4.79 Å². The molecule has 0 aromatic heterocycles. The highest BCUT2D eigenvalue weighted by Crippen LogP contribution is 2.40. The zero-order valence-corrected chi connectivity index (χ0v) is 11.1. The molecule has 1 aliphatic rings. The van der Waals surface area contributed by atoms with Gasteiger partial charge in [0.1, 0.15) is 0 Å². The van der Waals surface area contributed by atoms with Gasteiger partial charge in [-0.05, 0) is 55.4 Å². The lowest BCUT2D eigenvalue weighted by atomic mass is 9.69. The third kappa shape index (κ3) is 4.41. The second-order valence-corrected chi connectivity index (χ2v) is 6.21. The zero-order chi connectivity index (χ0) is 13.1. The summed E-state index contributed by atoms with van der Waals surface area (Å²) < 4.78 is 0. The lowest BCUT2D eigenvalue weighted by Crippen LogP contribution is -2.25. The Hall–Kier alpha value is -0.990. The van der Waals surface area contributed by atoms with E-state index in [0.717, 1.165) is 18.8 Å². The Morgan fingerprint density at radius 1 is 1.18 bits per heavy atom. The first-order valence-electron chi connectivity index (χ1n) is 6.43. The minimum absolute atomic E-state index is 0.379. The summed E-state index contributed by atoms with van der Waals surface area (Å²) in [5.74, 6) is -0.428. The largest absolute Gasteiger partial charge is 0.502 e. The van der Waals surface area contributed by atoms with E-state index in [1.54, 1.807) is 0 Å². The molecule has 0 bridgehead atoms. The van der Waals surface area contributed by atoms with Gasteiger partial charge in [0.25, 0.3) is 0 Å². The molecule has 0 spiro atoms. The van der Waals surface area contributed by atoms with Gasteiger partial charge in [-0.2, -0.15) is 0 Å². The van der Waals surface area contributed by atoms with Crippen molar-refractivity contribution in [2.45, 2.75) is 52.9 Å². The maximum absolute atomic E-state index is 10.4. The number of carboxylic acid groups (broad SMARTS) is 1. The van der Waals surface area contributed by atoms with Crippen LogP contribution in [0.2, 0.25) is 0 Å². The van der Waals surface area contributed by atoms with Crippen molar-refractivity contribution in [3.8, 4) is 0 Å². The van der Waals surface area contributed by atoms with E-state index >= 15 is 0 Å². The van der Waals surface area contributed by atoms with Gasteiger partial charge in [0, 0.05) is 0 Å². The summed E-state index contributed by atoms with van der Waals surface area (Å²) in [7, 11) is 0. The first kappa shape index (κ1) is 14.1. The minimum Gasteiger partial charge on any atom is -0.502 e. The van der Waals surface area contributed by atoms with Crippen LogP contribution in [-0.2, 0) is 4.79 Å². The van der Waals surface area contributed by atoms with Gasteiger partial charge in [0.2, 0.25) is 0 Å². The van der Waals surface area contributed by atoms with Crippen LogP contribution >= 0.6 is 0 Å². The van der Waals surface area contributed by atoms with Gasteiger partial charge < -0.3 is 10.2 Å². The summed E-state index contributed by atoms with van der Waals surface area (Å²) in [5.41, 5.74) is 0.379. The summed E-state index contributed by atoms with van der Waals surface area (Å²) in [6.45, 7) is 6.86. The van der Waals surface area contributed by atoms with E-state index in [-0.39, 0.29) is 0 Å². The Bertz CT molecular complexity index is 291. The monoisotopic (exact) mass is 240 g/mol.